The van der Waals surface area contributed by atoms with Gasteiger partial charge in [0.05, 0.1) is 31.5 Å². The Labute approximate surface area is 174 Å². The zero-order chi connectivity index (χ0) is 21.8. The van der Waals surface area contributed by atoms with Crippen molar-refractivity contribution >= 4 is 29.2 Å². The molecule has 0 fully saturated rings. The number of aryl methyl sites for hydroxylation is 1. The SMILES string of the molecule is CCOc1ccc(CCC(=O)OC)c(N2C(=O)c3cccc(N)c3C2=O)c1OCC. The normalized spacial score (nSPS) is 12.7. The van der Waals surface area contributed by atoms with Crippen LogP contribution in [0.2, 0.25) is 0 Å². The summed E-state index contributed by atoms with van der Waals surface area (Å²) in [4.78, 5) is 39.2. The van der Waals surface area contributed by atoms with Crippen molar-refractivity contribution in [2.45, 2.75) is 26.7 Å². The van der Waals surface area contributed by atoms with Crippen LogP contribution < -0.4 is 20.1 Å². The molecule has 0 unspecified atom stereocenters. The van der Waals surface area contributed by atoms with E-state index in [2.05, 4.69) is 0 Å². The van der Waals surface area contributed by atoms with Gasteiger partial charge in [0.1, 0.15) is 5.69 Å². The Morgan fingerprint density at radius 3 is 2.40 bits per heavy atom. The van der Waals surface area contributed by atoms with Crippen molar-refractivity contribution in [1.82, 2.24) is 0 Å². The molecule has 3 rings (SSSR count). The molecule has 1 aliphatic heterocycles. The molecule has 8 nitrogen and oxygen atoms in total. The van der Waals surface area contributed by atoms with E-state index < -0.39 is 17.8 Å². The minimum atomic E-state index is -0.540. The molecule has 2 aromatic rings. The number of nitrogen functional groups attached to an aromatic ring is 1. The van der Waals surface area contributed by atoms with Crippen LogP contribution in [0, 0.1) is 0 Å². The number of carbonyl (C=O) groups excluding carboxylic acids is 3. The molecule has 0 spiro atoms. The molecule has 8 heteroatoms. The molecule has 0 radical (unpaired) electrons. The maximum absolute atomic E-state index is 13.2. The zero-order valence-corrected chi connectivity index (χ0v) is 17.2. The van der Waals surface area contributed by atoms with Crippen LogP contribution in [0.4, 0.5) is 11.4 Å². The standard InChI is InChI=1S/C22H24N2O6/c1-4-29-16-11-9-13(10-12-17(25)28-3)19(20(16)30-5-2)24-21(26)14-7-6-8-15(23)18(14)22(24)27/h6-9,11H,4-5,10,12,23H2,1-3H3. The molecule has 30 heavy (non-hydrogen) atoms. The second-order valence-corrected chi connectivity index (χ2v) is 6.56. The van der Waals surface area contributed by atoms with Gasteiger partial charge >= 0.3 is 5.97 Å². The van der Waals surface area contributed by atoms with Gasteiger partial charge in [0.2, 0.25) is 0 Å². The highest BCUT2D eigenvalue weighted by molar-refractivity contribution is 6.36. The van der Waals surface area contributed by atoms with Crippen LogP contribution in [0.3, 0.4) is 0 Å². The Morgan fingerprint density at radius 2 is 1.77 bits per heavy atom. The molecule has 1 heterocycles. The minimum absolute atomic E-state index is 0.0777. The van der Waals surface area contributed by atoms with Crippen LogP contribution in [-0.4, -0.2) is 38.1 Å². The van der Waals surface area contributed by atoms with E-state index in [1.54, 1.807) is 37.3 Å². The van der Waals surface area contributed by atoms with Gasteiger partial charge in [-0.1, -0.05) is 12.1 Å². The predicted molar refractivity (Wildman–Crippen MR) is 111 cm³/mol. The van der Waals surface area contributed by atoms with Gasteiger partial charge in [0.15, 0.2) is 11.5 Å². The smallest absolute Gasteiger partial charge is 0.305 e. The summed E-state index contributed by atoms with van der Waals surface area (Å²) < 4.78 is 16.2. The number of anilines is 2. The number of rotatable bonds is 8. The summed E-state index contributed by atoms with van der Waals surface area (Å²) in [5, 5.41) is 0. The number of carbonyl (C=O) groups is 3. The molecule has 0 aliphatic carbocycles. The second-order valence-electron chi connectivity index (χ2n) is 6.56. The van der Waals surface area contributed by atoms with Crippen molar-refractivity contribution in [1.29, 1.82) is 0 Å². The maximum atomic E-state index is 13.2. The number of amides is 2. The fourth-order valence-corrected chi connectivity index (χ4v) is 3.45. The van der Waals surface area contributed by atoms with Gasteiger partial charge in [-0.25, -0.2) is 4.90 Å². The average molecular weight is 412 g/mol. The zero-order valence-electron chi connectivity index (χ0n) is 17.2. The van der Waals surface area contributed by atoms with Crippen molar-refractivity contribution < 1.29 is 28.6 Å². The lowest BCUT2D eigenvalue weighted by atomic mass is 10.0. The highest BCUT2D eigenvalue weighted by atomic mass is 16.5. The number of imide groups is 1. The largest absolute Gasteiger partial charge is 0.490 e. The Kier molecular flexibility index (Phi) is 6.25. The number of benzene rings is 2. The number of nitrogens with zero attached hydrogens (tertiary/aromatic N) is 1. The fourth-order valence-electron chi connectivity index (χ4n) is 3.45. The topological polar surface area (TPSA) is 108 Å². The molecular weight excluding hydrogens is 388 g/mol. The summed E-state index contributed by atoms with van der Waals surface area (Å²) in [6.07, 6.45) is 0.325. The van der Waals surface area contributed by atoms with Crippen LogP contribution >= 0.6 is 0 Å². The van der Waals surface area contributed by atoms with Crippen LogP contribution in [0.25, 0.3) is 0 Å². The number of hydrogen-bond donors (Lipinski definition) is 1. The highest BCUT2D eigenvalue weighted by Gasteiger charge is 2.41. The molecule has 2 aromatic carbocycles. The molecule has 0 saturated carbocycles. The first kappa shape index (κ1) is 21.2. The molecule has 0 bridgehead atoms. The number of hydrogen-bond acceptors (Lipinski definition) is 7. The van der Waals surface area contributed by atoms with Crippen molar-refractivity contribution in [3.05, 3.63) is 47.0 Å². The lowest BCUT2D eigenvalue weighted by Gasteiger charge is -2.24. The van der Waals surface area contributed by atoms with E-state index in [4.69, 9.17) is 19.9 Å². The van der Waals surface area contributed by atoms with Gasteiger partial charge in [-0.05, 0) is 44.0 Å². The van der Waals surface area contributed by atoms with Crippen LogP contribution in [0.15, 0.2) is 30.3 Å². The van der Waals surface area contributed by atoms with Crippen molar-refractivity contribution in [2.75, 3.05) is 31.0 Å². The summed E-state index contributed by atoms with van der Waals surface area (Å²) in [6, 6.07) is 8.19. The lowest BCUT2D eigenvalue weighted by Crippen LogP contribution is -2.31. The van der Waals surface area contributed by atoms with Crippen LogP contribution in [0.5, 0.6) is 11.5 Å². The van der Waals surface area contributed by atoms with Gasteiger partial charge in [-0.15, -0.1) is 0 Å². The lowest BCUT2D eigenvalue weighted by molar-refractivity contribution is -0.140. The Morgan fingerprint density at radius 1 is 1.03 bits per heavy atom. The van der Waals surface area contributed by atoms with Gasteiger partial charge in [0, 0.05) is 12.1 Å². The number of esters is 1. The van der Waals surface area contributed by atoms with Crippen LogP contribution in [0.1, 0.15) is 46.5 Å². The maximum Gasteiger partial charge on any atom is 0.305 e. The first-order valence-electron chi connectivity index (χ1n) is 9.70. The number of ether oxygens (including phenoxy) is 3. The molecule has 158 valence electrons. The molecular formula is C22H24N2O6. The van der Waals surface area contributed by atoms with Gasteiger partial charge < -0.3 is 19.9 Å². The third-order valence-corrected chi connectivity index (χ3v) is 4.76. The molecule has 2 N–H and O–H groups in total. The van der Waals surface area contributed by atoms with Crippen molar-refractivity contribution in [3.63, 3.8) is 0 Å². The fraction of sp³-hybridized carbons (Fsp3) is 0.318. The third kappa shape index (κ3) is 3.68. The summed E-state index contributed by atoms with van der Waals surface area (Å²) in [5.41, 5.74) is 7.43. The summed E-state index contributed by atoms with van der Waals surface area (Å²) in [7, 11) is 1.31. The van der Waals surface area contributed by atoms with E-state index in [1.807, 2.05) is 6.92 Å². The number of methoxy groups -OCH3 is 1. The van der Waals surface area contributed by atoms with Crippen LogP contribution in [-0.2, 0) is 16.0 Å². The molecule has 2 amide bonds. The summed E-state index contributed by atoms with van der Waals surface area (Å²) in [6.45, 7) is 4.28. The molecule has 0 saturated heterocycles. The summed E-state index contributed by atoms with van der Waals surface area (Å²) >= 11 is 0. The quantitative estimate of drug-likeness (QED) is 0.403. The van der Waals surface area contributed by atoms with E-state index in [9.17, 15) is 14.4 Å². The predicted octanol–water partition coefficient (Wildman–Crippen LogP) is 2.97. The van der Waals surface area contributed by atoms with E-state index in [1.165, 1.54) is 7.11 Å². The van der Waals surface area contributed by atoms with Crippen molar-refractivity contribution in [3.8, 4) is 11.5 Å². The molecule has 1 aliphatic rings. The minimum Gasteiger partial charge on any atom is -0.490 e. The third-order valence-electron chi connectivity index (χ3n) is 4.76. The average Bonchev–Trinajstić information content (AvgIpc) is 2.99. The summed E-state index contributed by atoms with van der Waals surface area (Å²) in [5.74, 6) is -0.770. The van der Waals surface area contributed by atoms with Crippen molar-refractivity contribution in [2.24, 2.45) is 0 Å². The second kappa shape index (κ2) is 8.86. The van der Waals surface area contributed by atoms with Gasteiger partial charge in [-0.3, -0.25) is 14.4 Å². The van der Waals surface area contributed by atoms with E-state index in [0.717, 1.165) is 4.90 Å². The Hall–Kier alpha value is -3.55. The monoisotopic (exact) mass is 412 g/mol. The Bertz CT molecular complexity index is 1000. The number of nitrogens with two attached hydrogens (primary N) is 1. The van der Waals surface area contributed by atoms with E-state index in [-0.39, 0.29) is 41.1 Å². The first-order valence-corrected chi connectivity index (χ1v) is 9.70. The number of fused-ring (bicyclic) bond motifs is 1. The van der Waals surface area contributed by atoms with Gasteiger partial charge in [0.25, 0.3) is 11.8 Å². The van der Waals surface area contributed by atoms with E-state index in [0.29, 0.717) is 24.5 Å². The Balaban J connectivity index is 2.18. The molecule has 0 aromatic heterocycles. The van der Waals surface area contributed by atoms with E-state index >= 15 is 0 Å². The molecule has 0 atom stereocenters. The van der Waals surface area contributed by atoms with Gasteiger partial charge in [-0.2, -0.15) is 0 Å². The first-order chi connectivity index (χ1) is 14.4. The highest BCUT2D eigenvalue weighted by Crippen LogP contribution is 2.44.